The number of hydrogen-bond donors (Lipinski definition) is 1. The third-order valence-electron chi connectivity index (χ3n) is 6.51. The summed E-state index contributed by atoms with van der Waals surface area (Å²) in [6.07, 6.45) is 0. The van der Waals surface area contributed by atoms with Crippen LogP contribution in [-0.4, -0.2) is 18.9 Å². The highest BCUT2D eigenvalue weighted by Crippen LogP contribution is 2.48. The molecule has 5 rings (SSSR count). The van der Waals surface area contributed by atoms with E-state index in [1.54, 1.807) is 25.1 Å². The lowest BCUT2D eigenvalue weighted by atomic mass is 9.80. The molecule has 0 bridgehead atoms. The summed E-state index contributed by atoms with van der Waals surface area (Å²) in [5.41, 5.74) is 6.17. The minimum atomic E-state index is -0.713. The normalized spacial score (nSPS) is 16.5. The van der Waals surface area contributed by atoms with Crippen LogP contribution in [-0.2, 0) is 16.1 Å². The van der Waals surface area contributed by atoms with E-state index in [0.717, 1.165) is 16.7 Å². The second-order valence-electron chi connectivity index (χ2n) is 8.84. The van der Waals surface area contributed by atoms with Crippen molar-refractivity contribution < 1.29 is 19.1 Å². The maximum atomic E-state index is 13.5. The van der Waals surface area contributed by atoms with Crippen LogP contribution in [0.4, 0.5) is 0 Å². The molecule has 0 fully saturated rings. The first-order valence-electron chi connectivity index (χ1n) is 11.4. The summed E-state index contributed by atoms with van der Waals surface area (Å²) in [5.74, 6) is -1.06. The standard InChI is InChI=1S/C29H23Cl2NO4/c1-15-8-10-17(11-9-15)14-36-28-21(30)12-18(13-22(28)31)24-23(29(34)35-3)16(2)32-26-19-6-4-5-7-20(19)27(33)25(24)26/h4-13,24,32H,14H2,1-3H3/t24-/m0/s1. The number of esters is 1. The van der Waals surface area contributed by atoms with E-state index >= 15 is 0 Å². The van der Waals surface area contributed by atoms with Crippen LogP contribution in [0.15, 0.2) is 77.5 Å². The molecule has 5 nitrogen and oxygen atoms in total. The van der Waals surface area contributed by atoms with Gasteiger partial charge in [-0.1, -0.05) is 77.3 Å². The highest BCUT2D eigenvalue weighted by atomic mass is 35.5. The molecule has 7 heteroatoms. The fourth-order valence-electron chi connectivity index (χ4n) is 4.77. The zero-order chi connectivity index (χ0) is 25.6. The van der Waals surface area contributed by atoms with Gasteiger partial charge in [-0.3, -0.25) is 4.79 Å². The minimum absolute atomic E-state index is 0.154. The van der Waals surface area contributed by atoms with E-state index in [2.05, 4.69) is 5.32 Å². The number of benzene rings is 3. The van der Waals surface area contributed by atoms with Gasteiger partial charge in [-0.25, -0.2) is 4.79 Å². The molecule has 0 amide bonds. The van der Waals surface area contributed by atoms with E-state index in [4.69, 9.17) is 32.7 Å². The van der Waals surface area contributed by atoms with Gasteiger partial charge in [0.15, 0.2) is 11.5 Å². The highest BCUT2D eigenvalue weighted by Gasteiger charge is 2.43. The SMILES string of the molecule is COC(=O)C1=C(C)NC2=C(C(=O)c3ccccc32)[C@H]1c1cc(Cl)c(OCc2ccc(C)cc2)c(Cl)c1. The van der Waals surface area contributed by atoms with Gasteiger partial charge >= 0.3 is 5.97 Å². The number of rotatable bonds is 5. The first kappa shape index (κ1) is 24.2. The highest BCUT2D eigenvalue weighted by molar-refractivity contribution is 6.37. The number of nitrogens with one attached hydrogen (secondary N) is 1. The average molecular weight is 520 g/mol. The number of hydrogen-bond acceptors (Lipinski definition) is 5. The van der Waals surface area contributed by atoms with Gasteiger partial charge < -0.3 is 14.8 Å². The Kier molecular flexibility index (Phi) is 6.37. The predicted molar refractivity (Wildman–Crippen MR) is 140 cm³/mol. The molecular formula is C29H23Cl2NO4. The fourth-order valence-corrected chi connectivity index (χ4v) is 5.38. The molecule has 0 saturated heterocycles. The maximum Gasteiger partial charge on any atom is 0.336 e. The van der Waals surface area contributed by atoms with Crippen molar-refractivity contribution in [1.82, 2.24) is 5.32 Å². The largest absolute Gasteiger partial charge is 0.486 e. The average Bonchev–Trinajstić information content (AvgIpc) is 3.14. The van der Waals surface area contributed by atoms with Crippen LogP contribution < -0.4 is 10.1 Å². The molecule has 0 spiro atoms. The number of dihydropyridines is 1. The first-order valence-corrected chi connectivity index (χ1v) is 12.2. The van der Waals surface area contributed by atoms with Gasteiger partial charge in [-0.05, 0) is 37.1 Å². The van der Waals surface area contributed by atoms with E-state index in [9.17, 15) is 9.59 Å². The van der Waals surface area contributed by atoms with Crippen LogP contribution in [0.5, 0.6) is 5.75 Å². The molecule has 1 aliphatic carbocycles. The van der Waals surface area contributed by atoms with Gasteiger partial charge in [0.1, 0.15) is 6.61 Å². The third kappa shape index (κ3) is 4.08. The summed E-state index contributed by atoms with van der Waals surface area (Å²) in [6.45, 7) is 4.10. The van der Waals surface area contributed by atoms with Crippen molar-refractivity contribution in [2.75, 3.05) is 7.11 Å². The first-order chi connectivity index (χ1) is 17.3. The molecule has 2 aliphatic rings. The van der Waals surface area contributed by atoms with Crippen molar-refractivity contribution >= 4 is 40.7 Å². The lowest BCUT2D eigenvalue weighted by Gasteiger charge is -2.29. The molecule has 0 saturated carbocycles. The molecular weight excluding hydrogens is 497 g/mol. The number of Topliss-reactive ketones (excluding diaryl/α,β-unsaturated/α-hetero) is 1. The number of carbonyl (C=O) groups excluding carboxylic acids is 2. The van der Waals surface area contributed by atoms with Gasteiger partial charge in [-0.2, -0.15) is 0 Å². The van der Waals surface area contributed by atoms with E-state index in [0.29, 0.717) is 46.0 Å². The number of aryl methyl sites for hydroxylation is 1. The Bertz CT molecular complexity index is 1450. The zero-order valence-electron chi connectivity index (χ0n) is 19.9. The van der Waals surface area contributed by atoms with Crippen molar-refractivity contribution in [3.05, 3.63) is 115 Å². The number of ketones is 1. The van der Waals surface area contributed by atoms with Gasteiger partial charge in [0.2, 0.25) is 0 Å². The Hall–Kier alpha value is -3.54. The molecule has 1 heterocycles. The molecule has 3 aromatic carbocycles. The molecule has 3 aromatic rings. The Morgan fingerprint density at radius 2 is 1.61 bits per heavy atom. The molecule has 1 aliphatic heterocycles. The summed E-state index contributed by atoms with van der Waals surface area (Å²) in [7, 11) is 1.32. The smallest absolute Gasteiger partial charge is 0.336 e. The summed E-state index contributed by atoms with van der Waals surface area (Å²) >= 11 is 13.3. The summed E-state index contributed by atoms with van der Waals surface area (Å²) in [4.78, 5) is 26.4. The zero-order valence-corrected chi connectivity index (χ0v) is 21.5. The Morgan fingerprint density at radius 1 is 0.972 bits per heavy atom. The molecule has 182 valence electrons. The summed E-state index contributed by atoms with van der Waals surface area (Å²) < 4.78 is 11.0. The topological polar surface area (TPSA) is 64.6 Å². The lowest BCUT2D eigenvalue weighted by Crippen LogP contribution is -2.29. The van der Waals surface area contributed by atoms with E-state index in [-0.39, 0.29) is 15.8 Å². The van der Waals surface area contributed by atoms with Crippen molar-refractivity contribution in [2.24, 2.45) is 0 Å². The number of ether oxygens (including phenoxy) is 2. The Balaban J connectivity index is 1.57. The second-order valence-corrected chi connectivity index (χ2v) is 9.65. The molecule has 0 aromatic heterocycles. The van der Waals surface area contributed by atoms with Gasteiger partial charge in [-0.15, -0.1) is 0 Å². The number of carbonyl (C=O) groups is 2. The van der Waals surface area contributed by atoms with Crippen molar-refractivity contribution in [2.45, 2.75) is 26.4 Å². The van der Waals surface area contributed by atoms with E-state index < -0.39 is 11.9 Å². The van der Waals surface area contributed by atoms with Crippen LogP contribution in [0.3, 0.4) is 0 Å². The Labute approximate surface area is 219 Å². The molecule has 1 N–H and O–H groups in total. The maximum absolute atomic E-state index is 13.5. The van der Waals surface area contributed by atoms with Crippen LogP contribution in [0.1, 0.15) is 45.5 Å². The Morgan fingerprint density at radius 3 is 2.25 bits per heavy atom. The van der Waals surface area contributed by atoms with Gasteiger partial charge in [0, 0.05) is 28.3 Å². The van der Waals surface area contributed by atoms with Gasteiger partial charge in [0.25, 0.3) is 0 Å². The second kappa shape index (κ2) is 9.49. The van der Waals surface area contributed by atoms with Crippen molar-refractivity contribution in [1.29, 1.82) is 0 Å². The van der Waals surface area contributed by atoms with Crippen LogP contribution in [0.25, 0.3) is 5.70 Å². The van der Waals surface area contributed by atoms with Crippen LogP contribution >= 0.6 is 23.2 Å². The summed E-state index contributed by atoms with van der Waals surface area (Å²) in [6, 6.07) is 18.7. The number of fused-ring (bicyclic) bond motifs is 2. The third-order valence-corrected chi connectivity index (χ3v) is 7.07. The lowest BCUT2D eigenvalue weighted by molar-refractivity contribution is -0.136. The van der Waals surface area contributed by atoms with Crippen LogP contribution in [0.2, 0.25) is 10.0 Å². The minimum Gasteiger partial charge on any atom is -0.486 e. The molecule has 0 unspecified atom stereocenters. The van der Waals surface area contributed by atoms with E-state index in [1.165, 1.54) is 7.11 Å². The number of methoxy groups -OCH3 is 1. The van der Waals surface area contributed by atoms with Gasteiger partial charge in [0.05, 0.1) is 28.4 Å². The predicted octanol–water partition coefficient (Wildman–Crippen LogP) is 6.62. The number of allylic oxidation sites excluding steroid dienone is 2. The number of halogens is 2. The molecule has 0 radical (unpaired) electrons. The quantitative estimate of drug-likeness (QED) is 0.383. The van der Waals surface area contributed by atoms with Crippen molar-refractivity contribution in [3.8, 4) is 5.75 Å². The van der Waals surface area contributed by atoms with E-state index in [1.807, 2.05) is 49.4 Å². The monoisotopic (exact) mass is 519 g/mol. The fraction of sp³-hybridized carbons (Fsp3) is 0.172. The van der Waals surface area contributed by atoms with Crippen molar-refractivity contribution in [3.63, 3.8) is 0 Å². The summed E-state index contributed by atoms with van der Waals surface area (Å²) in [5, 5.41) is 3.83. The van der Waals surface area contributed by atoms with Crippen LogP contribution in [0, 0.1) is 6.92 Å². The molecule has 1 atom stereocenters. The molecule has 36 heavy (non-hydrogen) atoms.